The number of aromatic nitrogens is 2. The van der Waals surface area contributed by atoms with Crippen molar-refractivity contribution in [1.82, 2.24) is 9.38 Å². The van der Waals surface area contributed by atoms with Crippen molar-refractivity contribution in [2.75, 3.05) is 25.1 Å². The van der Waals surface area contributed by atoms with Crippen molar-refractivity contribution in [2.24, 2.45) is 5.73 Å². The summed E-state index contributed by atoms with van der Waals surface area (Å²) in [5, 5.41) is 0. The molecule has 0 radical (unpaired) electrons. The average Bonchev–Trinajstić information content (AvgIpc) is 2.68. The third-order valence-electron chi connectivity index (χ3n) is 5.00. The van der Waals surface area contributed by atoms with Gasteiger partial charge in [0.25, 0.3) is 5.56 Å². The number of hydrogen-bond donors (Lipinski definition) is 1. The van der Waals surface area contributed by atoms with Gasteiger partial charge in [0.15, 0.2) is 11.6 Å². The van der Waals surface area contributed by atoms with Crippen LogP contribution in [-0.4, -0.2) is 35.6 Å². The lowest BCUT2D eigenvalue weighted by Crippen LogP contribution is -2.39. The summed E-state index contributed by atoms with van der Waals surface area (Å²) in [5.74, 6) is -0.335. The Morgan fingerprint density at radius 1 is 1.19 bits per heavy atom. The molecule has 3 aromatic rings. The van der Waals surface area contributed by atoms with E-state index in [2.05, 4.69) is 9.88 Å². The van der Waals surface area contributed by atoms with Gasteiger partial charge in [0.05, 0.1) is 18.5 Å². The maximum Gasteiger partial charge on any atom is 0.258 e. The minimum Gasteiger partial charge on any atom is -0.494 e. The number of hydrogen-bond acceptors (Lipinski definition) is 5. The van der Waals surface area contributed by atoms with Crippen molar-refractivity contribution < 1.29 is 9.13 Å². The second-order valence-corrected chi connectivity index (χ2v) is 6.77. The first-order chi connectivity index (χ1) is 13.0. The Balaban J connectivity index is 1.71. The number of nitrogens with two attached hydrogens (primary N) is 1. The van der Waals surface area contributed by atoms with Crippen molar-refractivity contribution in [3.05, 3.63) is 58.8 Å². The van der Waals surface area contributed by atoms with Gasteiger partial charge in [0.2, 0.25) is 0 Å². The topological polar surface area (TPSA) is 72.9 Å². The maximum atomic E-state index is 14.0. The molecule has 7 heteroatoms. The summed E-state index contributed by atoms with van der Waals surface area (Å²) in [5.41, 5.74) is 8.21. The largest absolute Gasteiger partial charge is 0.494 e. The summed E-state index contributed by atoms with van der Waals surface area (Å²) in [6.45, 7) is 1.75. The van der Waals surface area contributed by atoms with Gasteiger partial charge in [0, 0.05) is 37.0 Å². The third-order valence-corrected chi connectivity index (χ3v) is 5.00. The van der Waals surface area contributed by atoms with E-state index in [9.17, 15) is 9.18 Å². The minimum absolute atomic E-state index is 0.155. The molecule has 0 bridgehead atoms. The molecule has 0 aliphatic carbocycles. The van der Waals surface area contributed by atoms with E-state index >= 15 is 0 Å². The summed E-state index contributed by atoms with van der Waals surface area (Å²) in [6, 6.07) is 9.97. The molecule has 27 heavy (non-hydrogen) atoms. The van der Waals surface area contributed by atoms with Crippen LogP contribution in [0.2, 0.25) is 0 Å². The summed E-state index contributed by atoms with van der Waals surface area (Å²) in [7, 11) is 1.41. The fourth-order valence-corrected chi connectivity index (χ4v) is 3.41. The van der Waals surface area contributed by atoms with E-state index < -0.39 is 5.82 Å². The zero-order valence-corrected chi connectivity index (χ0v) is 15.1. The number of benzene rings is 1. The van der Waals surface area contributed by atoms with E-state index in [4.69, 9.17) is 10.5 Å². The Morgan fingerprint density at radius 3 is 2.67 bits per heavy atom. The van der Waals surface area contributed by atoms with Gasteiger partial charge in [-0.1, -0.05) is 0 Å². The number of piperidine rings is 1. The highest BCUT2D eigenvalue weighted by Gasteiger charge is 2.17. The molecule has 1 aliphatic rings. The molecule has 2 N–H and O–H groups in total. The average molecular weight is 368 g/mol. The van der Waals surface area contributed by atoms with Gasteiger partial charge in [-0.15, -0.1) is 0 Å². The van der Waals surface area contributed by atoms with E-state index in [1.165, 1.54) is 29.7 Å². The van der Waals surface area contributed by atoms with Gasteiger partial charge in [-0.25, -0.2) is 9.37 Å². The highest BCUT2D eigenvalue weighted by atomic mass is 19.1. The second-order valence-electron chi connectivity index (χ2n) is 6.77. The lowest BCUT2D eigenvalue weighted by molar-refractivity contribution is 0.386. The molecule has 0 saturated carbocycles. The van der Waals surface area contributed by atoms with Gasteiger partial charge in [-0.2, -0.15) is 0 Å². The van der Waals surface area contributed by atoms with E-state index in [0.29, 0.717) is 16.9 Å². The monoisotopic (exact) mass is 368 g/mol. The van der Waals surface area contributed by atoms with Crippen LogP contribution in [0.5, 0.6) is 5.75 Å². The van der Waals surface area contributed by atoms with E-state index in [1.807, 2.05) is 12.1 Å². The lowest BCUT2D eigenvalue weighted by Gasteiger charge is -2.32. The summed E-state index contributed by atoms with van der Waals surface area (Å²) >= 11 is 0. The molecule has 140 valence electrons. The summed E-state index contributed by atoms with van der Waals surface area (Å²) < 4.78 is 20.4. The molecule has 1 aliphatic heterocycles. The van der Waals surface area contributed by atoms with E-state index in [0.717, 1.165) is 31.6 Å². The first-order valence-corrected chi connectivity index (χ1v) is 8.93. The molecule has 4 rings (SSSR count). The fourth-order valence-electron chi connectivity index (χ4n) is 3.41. The standard InChI is InChI=1S/C20H21FN4O2/c1-27-18-4-2-13(10-16(18)21)17-11-20(26)25-12-15(3-5-19(25)23-17)24-8-6-14(22)7-9-24/h2-5,10-12,14H,6-9,22H2,1H3. The number of nitrogens with zero attached hydrogens (tertiary/aromatic N) is 3. The highest BCUT2D eigenvalue weighted by Crippen LogP contribution is 2.25. The van der Waals surface area contributed by atoms with Crippen LogP contribution in [0, 0.1) is 5.82 Å². The molecule has 0 spiro atoms. The van der Waals surface area contributed by atoms with E-state index in [1.54, 1.807) is 12.3 Å². The van der Waals surface area contributed by atoms with Crippen molar-refractivity contribution >= 4 is 11.3 Å². The number of halogens is 1. The van der Waals surface area contributed by atoms with Crippen LogP contribution in [-0.2, 0) is 0 Å². The number of fused-ring (bicyclic) bond motifs is 1. The zero-order chi connectivity index (χ0) is 19.0. The predicted molar refractivity (Wildman–Crippen MR) is 103 cm³/mol. The van der Waals surface area contributed by atoms with Crippen molar-refractivity contribution in [1.29, 1.82) is 0 Å². The minimum atomic E-state index is -0.490. The number of pyridine rings is 1. The number of rotatable bonds is 3. The molecular weight excluding hydrogens is 347 g/mol. The molecule has 0 unspecified atom stereocenters. The zero-order valence-electron chi connectivity index (χ0n) is 15.1. The summed E-state index contributed by atoms with van der Waals surface area (Å²) in [4.78, 5) is 19.4. The molecule has 2 aromatic heterocycles. The van der Waals surface area contributed by atoms with Gasteiger partial charge in [-0.3, -0.25) is 9.20 Å². The molecule has 6 nitrogen and oxygen atoms in total. The molecule has 0 amide bonds. The Bertz CT molecular complexity index is 1040. The van der Waals surface area contributed by atoms with Crippen LogP contribution < -0.4 is 20.9 Å². The molecular formula is C20H21FN4O2. The van der Waals surface area contributed by atoms with Crippen LogP contribution in [0.1, 0.15) is 12.8 Å². The maximum absolute atomic E-state index is 14.0. The lowest BCUT2D eigenvalue weighted by atomic mass is 10.1. The second kappa shape index (κ2) is 7.00. The quantitative estimate of drug-likeness (QED) is 0.769. The van der Waals surface area contributed by atoms with Gasteiger partial charge < -0.3 is 15.4 Å². The molecule has 1 aromatic carbocycles. The van der Waals surface area contributed by atoms with Crippen molar-refractivity contribution in [2.45, 2.75) is 18.9 Å². The first-order valence-electron chi connectivity index (χ1n) is 8.93. The number of methoxy groups -OCH3 is 1. The van der Waals surface area contributed by atoms with Gasteiger partial charge in [-0.05, 0) is 43.2 Å². The van der Waals surface area contributed by atoms with Crippen LogP contribution in [0.4, 0.5) is 10.1 Å². The fraction of sp³-hybridized carbons (Fsp3) is 0.300. The predicted octanol–water partition coefficient (Wildman–Crippen LogP) is 2.44. The molecule has 3 heterocycles. The Hall–Kier alpha value is -2.93. The normalized spacial score (nSPS) is 15.3. The van der Waals surface area contributed by atoms with Crippen molar-refractivity contribution in [3.63, 3.8) is 0 Å². The first kappa shape index (κ1) is 17.5. The van der Waals surface area contributed by atoms with Crippen LogP contribution in [0.3, 0.4) is 0 Å². The van der Waals surface area contributed by atoms with E-state index in [-0.39, 0.29) is 17.4 Å². The molecule has 1 fully saturated rings. The van der Waals surface area contributed by atoms with Crippen LogP contribution >= 0.6 is 0 Å². The molecule has 1 saturated heterocycles. The molecule has 0 atom stereocenters. The van der Waals surface area contributed by atoms with Crippen LogP contribution in [0.25, 0.3) is 16.9 Å². The SMILES string of the molecule is COc1ccc(-c2cc(=O)n3cc(N4CCC(N)CC4)ccc3n2)cc1F. The van der Waals surface area contributed by atoms with Gasteiger partial charge >= 0.3 is 0 Å². The smallest absolute Gasteiger partial charge is 0.258 e. The Kier molecular flexibility index (Phi) is 4.53. The number of ether oxygens (including phenoxy) is 1. The third kappa shape index (κ3) is 3.38. The number of anilines is 1. The summed E-state index contributed by atoms with van der Waals surface area (Å²) in [6.07, 6.45) is 3.68. The van der Waals surface area contributed by atoms with Crippen molar-refractivity contribution in [3.8, 4) is 17.0 Å². The Labute approximate surface area is 156 Å². The Morgan fingerprint density at radius 2 is 1.96 bits per heavy atom. The van der Waals surface area contributed by atoms with Gasteiger partial charge in [0.1, 0.15) is 5.65 Å². The highest BCUT2D eigenvalue weighted by molar-refractivity contribution is 5.63. The van der Waals surface area contributed by atoms with Crippen LogP contribution in [0.15, 0.2) is 47.4 Å².